The predicted molar refractivity (Wildman–Crippen MR) is 381 cm³/mol. The van der Waals surface area contributed by atoms with Crippen molar-refractivity contribution in [2.75, 3.05) is 0 Å². The van der Waals surface area contributed by atoms with Crippen LogP contribution < -0.4 is 13.7 Å². The van der Waals surface area contributed by atoms with Crippen LogP contribution in [-0.4, -0.2) is 15.0 Å². The highest BCUT2D eigenvalue weighted by molar-refractivity contribution is 6.14. The number of furan rings is 3. The van der Waals surface area contributed by atoms with E-state index >= 15 is 0 Å². The molecule has 9 nitrogen and oxygen atoms in total. The summed E-state index contributed by atoms with van der Waals surface area (Å²) in [5, 5.41) is 14.1. The van der Waals surface area contributed by atoms with Gasteiger partial charge in [0.2, 0.25) is 34.2 Å². The second-order valence-corrected chi connectivity index (χ2v) is 27.6. The third-order valence-corrected chi connectivity index (χ3v) is 19.1. The van der Waals surface area contributed by atoms with Gasteiger partial charge in [0.05, 0.1) is 32.8 Å². The lowest BCUT2D eigenvalue weighted by molar-refractivity contribution is -0.659. The largest absolute Gasteiger partial charge is 0.437 e. The van der Waals surface area contributed by atoms with Gasteiger partial charge in [-0.1, -0.05) is 84.4 Å². The zero-order valence-corrected chi connectivity index (χ0v) is 57.0. The molecule has 0 saturated heterocycles. The monoisotopic (exact) mass is 1210 g/mol. The molecule has 0 amide bonds. The highest BCUT2D eigenvalue weighted by Gasteiger charge is 2.29. The molecule has 0 radical (unpaired) electrons. The third-order valence-electron chi connectivity index (χ3n) is 19.1. The number of hydrogen-bond acceptors (Lipinski definition) is 6. The van der Waals surface area contributed by atoms with Crippen LogP contribution in [0.15, 0.2) is 159 Å². The summed E-state index contributed by atoms with van der Waals surface area (Å²) in [7, 11) is 6.35. The molecular formula is C83H85N6O3+3. The molecule has 0 aliphatic heterocycles. The van der Waals surface area contributed by atoms with Crippen molar-refractivity contribution in [1.82, 2.24) is 15.0 Å². The first-order chi connectivity index (χ1) is 43.9. The summed E-state index contributed by atoms with van der Waals surface area (Å²) in [5.74, 6) is 0.504. The second kappa shape index (κ2) is 23.6. The van der Waals surface area contributed by atoms with E-state index in [0.29, 0.717) is 23.1 Å². The maximum atomic E-state index is 6.42. The van der Waals surface area contributed by atoms with Gasteiger partial charge < -0.3 is 13.3 Å². The van der Waals surface area contributed by atoms with E-state index in [0.717, 1.165) is 102 Å². The quantitative estimate of drug-likeness (QED) is 0.148. The van der Waals surface area contributed by atoms with Gasteiger partial charge in [0.1, 0.15) is 21.1 Å². The molecule has 0 atom stereocenters. The Hall–Kier alpha value is -9.60. The molecule has 9 heterocycles. The molecule has 92 heavy (non-hydrogen) atoms. The Morgan fingerprint density at radius 3 is 1.09 bits per heavy atom. The highest BCUT2D eigenvalue weighted by Crippen LogP contribution is 2.44. The van der Waals surface area contributed by atoms with Crippen molar-refractivity contribution in [1.29, 1.82) is 0 Å². The van der Waals surface area contributed by atoms with E-state index in [1.807, 2.05) is 20.8 Å². The molecule has 0 N–H and O–H groups in total. The van der Waals surface area contributed by atoms with Crippen molar-refractivity contribution < 1.29 is 27.0 Å². The average Bonchev–Trinajstić information content (AvgIpc) is 1.49. The number of aromatic nitrogens is 6. The molecule has 15 aromatic rings. The molecule has 0 spiro atoms. The van der Waals surface area contributed by atoms with Gasteiger partial charge in [-0.25, -0.2) is 28.7 Å². The van der Waals surface area contributed by atoms with Crippen LogP contribution in [0.1, 0.15) is 121 Å². The number of benzene rings is 6. The Balaban J connectivity index is 0.000000126. The Labute approximate surface area is 540 Å². The molecule has 0 aliphatic carbocycles. The van der Waals surface area contributed by atoms with Gasteiger partial charge in [-0.15, -0.1) is 0 Å². The van der Waals surface area contributed by atoms with Crippen molar-refractivity contribution in [2.45, 2.75) is 129 Å². The van der Waals surface area contributed by atoms with Gasteiger partial charge in [0, 0.05) is 67.6 Å². The third kappa shape index (κ3) is 10.9. The van der Waals surface area contributed by atoms with Crippen LogP contribution in [-0.2, 0) is 34.0 Å². The zero-order chi connectivity index (χ0) is 64.9. The Morgan fingerprint density at radius 2 is 0.728 bits per heavy atom. The summed E-state index contributed by atoms with van der Waals surface area (Å²) in [6.07, 6.45) is 9.79. The number of fused-ring (bicyclic) bond motifs is 12. The van der Waals surface area contributed by atoms with E-state index in [1.165, 1.54) is 99.5 Å². The fourth-order valence-electron chi connectivity index (χ4n) is 13.9. The van der Waals surface area contributed by atoms with Gasteiger partial charge in [-0.2, -0.15) is 0 Å². The predicted octanol–water partition coefficient (Wildman–Crippen LogP) is 20.3. The van der Waals surface area contributed by atoms with Crippen LogP contribution >= 0.6 is 0 Å². The van der Waals surface area contributed by atoms with E-state index in [9.17, 15) is 0 Å². The molecule has 6 aromatic carbocycles. The summed E-state index contributed by atoms with van der Waals surface area (Å²) in [6, 6.07) is 46.5. The van der Waals surface area contributed by atoms with Crippen LogP contribution in [0.5, 0.6) is 0 Å². The molecule has 0 bridgehead atoms. The summed E-state index contributed by atoms with van der Waals surface area (Å²) in [6.45, 7) is 32.7. The molecule has 0 aliphatic rings. The van der Waals surface area contributed by atoms with E-state index in [2.05, 4.69) is 279 Å². The first kappa shape index (κ1) is 61.3. The van der Waals surface area contributed by atoms with Crippen LogP contribution in [0.25, 0.3) is 132 Å². The van der Waals surface area contributed by atoms with E-state index in [1.54, 1.807) is 0 Å². The molecule has 0 saturated carbocycles. The van der Waals surface area contributed by atoms with Crippen molar-refractivity contribution in [3.05, 3.63) is 213 Å². The fraction of sp³-hybridized carbons (Fsp3) is 0.277. The highest BCUT2D eigenvalue weighted by atomic mass is 16.3. The minimum absolute atomic E-state index is 0.259. The standard InChI is InChI=1S/C29H31N2O.2C27H27N2O/c1-17-14-24-23-10-8-18(2)30-28(23)32-27(24)25(19(17)3)26-22-11-9-20(16-29(4,5)6)15-21(22)12-13-31(26)7;1-15(2)19-8-10-21-20(14-19)11-12-29(6)25(21)24-18(5)16(3)13-23-22-9-7-17(4)28-27(22)30-26(23)24;1-6-7-19-9-11-21-20(15-19)12-13-29(5)25(21)24-18(4)16(2)14-23-22-10-8-17(3)28-27(22)30-26(23)24/h8-15H,16H2,1-7H3;7-15H,1-6H3;8-15H,6-7H2,1-5H3/q3*+1. The number of hydrogen-bond donors (Lipinski definition) is 0. The maximum absolute atomic E-state index is 6.42. The van der Waals surface area contributed by atoms with Gasteiger partial charge in [-0.3, -0.25) is 0 Å². The first-order valence-electron chi connectivity index (χ1n) is 32.6. The van der Waals surface area contributed by atoms with Crippen LogP contribution in [0, 0.1) is 67.7 Å². The summed E-state index contributed by atoms with van der Waals surface area (Å²) < 4.78 is 25.9. The van der Waals surface area contributed by atoms with Crippen LogP contribution in [0.3, 0.4) is 0 Å². The summed E-state index contributed by atoms with van der Waals surface area (Å²) >= 11 is 0. The van der Waals surface area contributed by atoms with Crippen LogP contribution in [0.4, 0.5) is 0 Å². The maximum Gasteiger partial charge on any atom is 0.227 e. The van der Waals surface area contributed by atoms with Gasteiger partial charge in [0.25, 0.3) is 0 Å². The number of aryl methyl sites for hydroxylation is 10. The Bertz CT molecular complexity index is 5500. The van der Waals surface area contributed by atoms with E-state index in [4.69, 9.17) is 13.3 Å². The van der Waals surface area contributed by atoms with E-state index < -0.39 is 0 Å². The molecule has 9 aromatic heterocycles. The molecular weight excluding hydrogens is 1130 g/mol. The van der Waals surface area contributed by atoms with Gasteiger partial charge >= 0.3 is 0 Å². The lowest BCUT2D eigenvalue weighted by Gasteiger charge is -2.18. The topological polar surface area (TPSA) is 89.7 Å². The van der Waals surface area contributed by atoms with Crippen molar-refractivity contribution in [2.24, 2.45) is 26.6 Å². The lowest BCUT2D eigenvalue weighted by atomic mass is 9.87. The number of pyridine rings is 6. The molecule has 0 unspecified atom stereocenters. The number of nitrogens with zero attached hydrogens (tertiary/aromatic N) is 6. The first-order valence-corrected chi connectivity index (χ1v) is 32.6. The van der Waals surface area contributed by atoms with Gasteiger partial charge in [0.15, 0.2) is 35.3 Å². The lowest BCUT2D eigenvalue weighted by Crippen LogP contribution is -2.31. The summed E-state index contributed by atoms with van der Waals surface area (Å²) in [4.78, 5) is 14.0. The van der Waals surface area contributed by atoms with E-state index in [-0.39, 0.29) is 5.41 Å². The average molecular weight is 1210 g/mol. The summed E-state index contributed by atoms with van der Waals surface area (Å²) in [5.41, 5.74) is 26.7. The zero-order valence-electron chi connectivity index (χ0n) is 57.0. The molecule has 9 heteroatoms. The smallest absolute Gasteiger partial charge is 0.227 e. The fourth-order valence-corrected chi connectivity index (χ4v) is 13.9. The Kier molecular flexibility index (Phi) is 15.7. The number of rotatable bonds is 7. The molecule has 0 fully saturated rings. The van der Waals surface area contributed by atoms with Crippen molar-refractivity contribution in [3.63, 3.8) is 0 Å². The minimum Gasteiger partial charge on any atom is -0.437 e. The SMILES string of the molecule is CCCc1ccc2c(-c3c(C)c(C)cc4c3oc3nc(C)ccc34)[n+](C)ccc2c1.Cc1ccc2c(n1)oc1c(-c3c4ccc(C(C)C)cc4cc[n+]3C)c(C)c(C)cc12.Cc1ccc2c(n1)oc1c(-c3c4ccc(CC(C)(C)C)cc4cc[n+]3C)c(C)c(C)cc12. The Morgan fingerprint density at radius 1 is 0.391 bits per heavy atom. The van der Waals surface area contributed by atoms with Crippen molar-refractivity contribution >= 4 is 98.5 Å². The van der Waals surface area contributed by atoms with Crippen LogP contribution in [0.2, 0.25) is 0 Å². The van der Waals surface area contributed by atoms with Crippen molar-refractivity contribution in [3.8, 4) is 33.8 Å². The molecule has 462 valence electrons. The second-order valence-electron chi connectivity index (χ2n) is 27.6. The normalized spacial score (nSPS) is 12.0. The molecule has 15 rings (SSSR count). The van der Waals surface area contributed by atoms with Gasteiger partial charge in [-0.05, 0) is 226 Å². The minimum atomic E-state index is 0.259.